The Morgan fingerprint density at radius 1 is 1.11 bits per heavy atom. The van der Waals surface area contributed by atoms with Gasteiger partial charge in [0.15, 0.2) is 0 Å². The fourth-order valence-electron chi connectivity index (χ4n) is 1.81. The highest BCUT2D eigenvalue weighted by atomic mass is 79.9. The van der Waals surface area contributed by atoms with Crippen LogP contribution >= 0.6 is 31.9 Å². The van der Waals surface area contributed by atoms with E-state index >= 15 is 0 Å². The van der Waals surface area contributed by atoms with Gasteiger partial charge >= 0.3 is 0 Å². The summed E-state index contributed by atoms with van der Waals surface area (Å²) < 4.78 is 15.5. The van der Waals surface area contributed by atoms with Crippen LogP contribution in [-0.2, 0) is 6.42 Å². The lowest BCUT2D eigenvalue weighted by Gasteiger charge is -2.14. The van der Waals surface area contributed by atoms with Crippen molar-refractivity contribution in [3.05, 3.63) is 68.4 Å². The monoisotopic (exact) mass is 371 g/mol. The van der Waals surface area contributed by atoms with Gasteiger partial charge in [-0.2, -0.15) is 0 Å². The molecule has 0 aliphatic heterocycles. The van der Waals surface area contributed by atoms with Gasteiger partial charge in [0.2, 0.25) is 0 Å². The summed E-state index contributed by atoms with van der Waals surface area (Å²) in [5, 5.41) is 0. The second-order valence-electron chi connectivity index (χ2n) is 4.07. The topological polar surface area (TPSA) is 26.0 Å². The van der Waals surface area contributed by atoms with Crippen molar-refractivity contribution in [3.8, 4) is 0 Å². The first-order valence-electron chi connectivity index (χ1n) is 5.52. The molecule has 1 unspecified atom stereocenters. The van der Waals surface area contributed by atoms with E-state index in [1.165, 1.54) is 6.07 Å². The fraction of sp³-hybridized carbons (Fsp3) is 0.143. The minimum atomic E-state index is -0.350. The van der Waals surface area contributed by atoms with E-state index in [1.54, 1.807) is 12.1 Å². The second kappa shape index (κ2) is 5.95. The summed E-state index contributed by atoms with van der Waals surface area (Å²) in [5.74, 6) is -0.274. The standard InChI is InChI=1S/C14H12Br2FN/c15-10-5-6-11(13(17)8-10)14(18)7-9-3-1-2-4-12(9)16/h1-6,8,14H,7,18H2. The van der Waals surface area contributed by atoms with Crippen molar-refractivity contribution in [2.75, 3.05) is 0 Å². The predicted molar refractivity (Wildman–Crippen MR) is 78.9 cm³/mol. The van der Waals surface area contributed by atoms with Gasteiger partial charge in [-0.3, -0.25) is 0 Å². The van der Waals surface area contributed by atoms with E-state index in [0.717, 1.165) is 14.5 Å². The molecule has 0 saturated heterocycles. The van der Waals surface area contributed by atoms with Crippen LogP contribution in [0, 0.1) is 5.82 Å². The van der Waals surface area contributed by atoms with Crippen molar-refractivity contribution >= 4 is 31.9 Å². The second-order valence-corrected chi connectivity index (χ2v) is 5.84. The number of benzene rings is 2. The summed E-state index contributed by atoms with van der Waals surface area (Å²) in [4.78, 5) is 0. The average molecular weight is 373 g/mol. The van der Waals surface area contributed by atoms with Crippen LogP contribution in [0.5, 0.6) is 0 Å². The molecule has 2 aromatic rings. The number of rotatable bonds is 3. The number of nitrogens with two attached hydrogens (primary N) is 1. The minimum absolute atomic E-state index is 0.274. The molecule has 4 heteroatoms. The van der Waals surface area contributed by atoms with E-state index in [0.29, 0.717) is 12.0 Å². The summed E-state index contributed by atoms with van der Waals surface area (Å²) in [5.41, 5.74) is 7.68. The quantitative estimate of drug-likeness (QED) is 0.837. The van der Waals surface area contributed by atoms with Gasteiger partial charge in [-0.25, -0.2) is 4.39 Å². The van der Waals surface area contributed by atoms with E-state index in [-0.39, 0.29) is 11.9 Å². The fourth-order valence-corrected chi connectivity index (χ4v) is 2.59. The first-order chi connectivity index (χ1) is 8.58. The van der Waals surface area contributed by atoms with Gasteiger partial charge in [-0.05, 0) is 30.2 Å². The maximum atomic E-state index is 13.8. The Morgan fingerprint density at radius 3 is 2.50 bits per heavy atom. The van der Waals surface area contributed by atoms with Crippen molar-refractivity contribution in [1.29, 1.82) is 0 Å². The van der Waals surface area contributed by atoms with Crippen LogP contribution in [0.2, 0.25) is 0 Å². The largest absolute Gasteiger partial charge is 0.324 e. The molecule has 0 saturated carbocycles. The van der Waals surface area contributed by atoms with Crippen molar-refractivity contribution in [2.45, 2.75) is 12.5 Å². The third-order valence-electron chi connectivity index (χ3n) is 2.76. The molecule has 0 spiro atoms. The third-order valence-corrected chi connectivity index (χ3v) is 4.03. The van der Waals surface area contributed by atoms with Gasteiger partial charge in [0.1, 0.15) is 5.82 Å². The summed E-state index contributed by atoms with van der Waals surface area (Å²) in [7, 11) is 0. The molecule has 1 atom stereocenters. The minimum Gasteiger partial charge on any atom is -0.324 e. The van der Waals surface area contributed by atoms with Crippen molar-refractivity contribution < 1.29 is 4.39 Å². The molecule has 0 heterocycles. The van der Waals surface area contributed by atoms with Gasteiger partial charge in [0.05, 0.1) is 0 Å². The Balaban J connectivity index is 2.22. The SMILES string of the molecule is NC(Cc1ccccc1Br)c1ccc(Br)cc1F. The highest BCUT2D eigenvalue weighted by Gasteiger charge is 2.13. The first kappa shape index (κ1) is 13.7. The van der Waals surface area contributed by atoms with Gasteiger partial charge in [0.25, 0.3) is 0 Å². The summed E-state index contributed by atoms with van der Waals surface area (Å²) in [6.45, 7) is 0. The van der Waals surface area contributed by atoms with Crippen LogP contribution in [0.4, 0.5) is 4.39 Å². The maximum absolute atomic E-state index is 13.8. The molecule has 1 nitrogen and oxygen atoms in total. The number of hydrogen-bond donors (Lipinski definition) is 1. The van der Waals surface area contributed by atoms with Crippen molar-refractivity contribution in [2.24, 2.45) is 5.73 Å². The Kier molecular flexibility index (Phi) is 4.54. The number of hydrogen-bond acceptors (Lipinski definition) is 1. The third kappa shape index (κ3) is 3.19. The molecule has 2 aromatic carbocycles. The number of halogens is 3. The Labute approximate surface area is 122 Å². The molecule has 0 radical (unpaired) electrons. The average Bonchev–Trinajstić information content (AvgIpc) is 2.32. The van der Waals surface area contributed by atoms with E-state index in [1.807, 2.05) is 24.3 Å². The van der Waals surface area contributed by atoms with Crippen LogP contribution in [0.15, 0.2) is 51.4 Å². The Morgan fingerprint density at radius 2 is 1.83 bits per heavy atom. The van der Waals surface area contributed by atoms with Gasteiger partial charge in [-0.1, -0.05) is 56.1 Å². The van der Waals surface area contributed by atoms with Crippen LogP contribution in [0.3, 0.4) is 0 Å². The molecular formula is C14H12Br2FN. The lowest BCUT2D eigenvalue weighted by Crippen LogP contribution is -2.15. The zero-order valence-electron chi connectivity index (χ0n) is 9.54. The highest BCUT2D eigenvalue weighted by molar-refractivity contribution is 9.10. The van der Waals surface area contributed by atoms with Crippen LogP contribution in [0.1, 0.15) is 17.2 Å². The van der Waals surface area contributed by atoms with Crippen LogP contribution in [-0.4, -0.2) is 0 Å². The molecule has 2 N–H and O–H groups in total. The van der Waals surface area contributed by atoms with Crippen LogP contribution in [0.25, 0.3) is 0 Å². The van der Waals surface area contributed by atoms with Crippen molar-refractivity contribution in [3.63, 3.8) is 0 Å². The smallest absolute Gasteiger partial charge is 0.129 e. The molecule has 2 rings (SSSR count). The van der Waals surface area contributed by atoms with Gasteiger partial charge < -0.3 is 5.73 Å². The molecule has 0 aliphatic rings. The van der Waals surface area contributed by atoms with E-state index in [4.69, 9.17) is 5.73 Å². The molecule has 0 aliphatic carbocycles. The summed E-state index contributed by atoms with van der Waals surface area (Å²) >= 11 is 6.71. The molecule has 94 valence electrons. The normalized spacial score (nSPS) is 12.4. The summed E-state index contributed by atoms with van der Waals surface area (Å²) in [6, 6.07) is 12.5. The molecule has 18 heavy (non-hydrogen) atoms. The molecule has 0 bridgehead atoms. The predicted octanol–water partition coefficient (Wildman–Crippen LogP) is 4.59. The Hall–Kier alpha value is -0.710. The van der Waals surface area contributed by atoms with Gasteiger partial charge in [0, 0.05) is 20.6 Å². The van der Waals surface area contributed by atoms with Crippen molar-refractivity contribution in [1.82, 2.24) is 0 Å². The molecule has 0 fully saturated rings. The maximum Gasteiger partial charge on any atom is 0.129 e. The lowest BCUT2D eigenvalue weighted by molar-refractivity contribution is 0.579. The first-order valence-corrected chi connectivity index (χ1v) is 7.10. The molecular weight excluding hydrogens is 361 g/mol. The van der Waals surface area contributed by atoms with E-state index in [2.05, 4.69) is 31.9 Å². The molecule has 0 amide bonds. The van der Waals surface area contributed by atoms with Gasteiger partial charge in [-0.15, -0.1) is 0 Å². The highest BCUT2D eigenvalue weighted by Crippen LogP contribution is 2.25. The summed E-state index contributed by atoms with van der Waals surface area (Å²) in [6.07, 6.45) is 0.597. The zero-order chi connectivity index (χ0) is 13.1. The van der Waals surface area contributed by atoms with Crippen LogP contribution < -0.4 is 5.73 Å². The lowest BCUT2D eigenvalue weighted by atomic mass is 9.99. The molecule has 0 aromatic heterocycles. The van der Waals surface area contributed by atoms with E-state index < -0.39 is 0 Å². The zero-order valence-corrected chi connectivity index (χ0v) is 12.7. The Bertz CT molecular complexity index is 557. The van der Waals surface area contributed by atoms with E-state index in [9.17, 15) is 4.39 Å².